The van der Waals surface area contributed by atoms with Crippen LogP contribution in [0.3, 0.4) is 0 Å². The Labute approximate surface area is 190 Å². The molecule has 3 N–H and O–H groups in total. The summed E-state index contributed by atoms with van der Waals surface area (Å²) in [6.45, 7) is -0.213. The number of halogens is 3. The Morgan fingerprint density at radius 2 is 1.53 bits per heavy atom. The van der Waals surface area contributed by atoms with Gasteiger partial charge in [-0.25, -0.2) is 4.79 Å². The summed E-state index contributed by atoms with van der Waals surface area (Å²) in [7, 11) is 0. The number of anilines is 1. The molecule has 0 bridgehead atoms. The van der Waals surface area contributed by atoms with E-state index in [-0.39, 0.29) is 19.4 Å². The molecule has 2 aromatic carbocycles. The average molecular weight is 472 g/mol. The second kappa shape index (κ2) is 8.65. The fourth-order valence-corrected chi connectivity index (χ4v) is 3.92. The van der Waals surface area contributed by atoms with Gasteiger partial charge in [-0.2, -0.15) is 13.2 Å². The monoisotopic (exact) mass is 472 g/mol. The first-order valence-electron chi connectivity index (χ1n) is 10.3. The minimum atomic E-state index is -5.37. The molecule has 3 aromatic rings. The van der Waals surface area contributed by atoms with Crippen molar-refractivity contribution in [1.82, 2.24) is 14.9 Å². The third-order valence-electron chi connectivity index (χ3n) is 5.57. The first-order valence-corrected chi connectivity index (χ1v) is 10.3. The lowest BCUT2D eigenvalue weighted by atomic mass is 9.91. The van der Waals surface area contributed by atoms with Crippen LogP contribution in [-0.4, -0.2) is 27.5 Å². The van der Waals surface area contributed by atoms with Gasteiger partial charge in [-0.1, -0.05) is 60.7 Å². The Hall–Kier alpha value is -4.15. The number of H-pyrrole nitrogens is 1. The maximum absolute atomic E-state index is 14.4. The Morgan fingerprint density at radius 3 is 2.12 bits per heavy atom. The number of hydrogen-bond acceptors (Lipinski definition) is 4. The Kier molecular flexibility index (Phi) is 5.86. The van der Waals surface area contributed by atoms with Crippen LogP contribution < -0.4 is 21.9 Å². The fourth-order valence-electron chi connectivity index (χ4n) is 3.92. The van der Waals surface area contributed by atoms with E-state index in [9.17, 15) is 32.3 Å². The summed E-state index contributed by atoms with van der Waals surface area (Å²) >= 11 is 0. The molecule has 0 saturated heterocycles. The van der Waals surface area contributed by atoms with Crippen LogP contribution in [-0.2, 0) is 28.1 Å². The normalized spacial score (nSPS) is 17.2. The van der Waals surface area contributed by atoms with Gasteiger partial charge in [0.15, 0.2) is 0 Å². The molecule has 2 amide bonds. The summed E-state index contributed by atoms with van der Waals surface area (Å²) in [5.41, 5.74) is -5.87. The molecule has 0 spiro atoms. The smallest absolute Gasteiger partial charge is 0.330 e. The van der Waals surface area contributed by atoms with Crippen LogP contribution in [0.1, 0.15) is 23.1 Å². The molecule has 0 radical (unpaired) electrons. The van der Waals surface area contributed by atoms with E-state index in [0.29, 0.717) is 11.1 Å². The number of carbonyl (C=O) groups is 2. The van der Waals surface area contributed by atoms with Crippen molar-refractivity contribution in [1.29, 1.82) is 0 Å². The lowest BCUT2D eigenvalue weighted by Crippen LogP contribution is -2.62. The standard InChI is InChI=1S/C23H19F3N4O4/c24-23(25,26)22(29-16(31)12-11-14-7-3-1-4-8-14)17-18(27-20(22)33)30(21(34)28-19(17)32)13-15-9-5-2-6-10-15/h1-10H,11-13H2,(H,27,33)(H,29,31)(H,28,32,34)/t22-/m1/s1. The Balaban J connectivity index is 1.76. The van der Waals surface area contributed by atoms with Crippen LogP contribution in [0.4, 0.5) is 19.0 Å². The van der Waals surface area contributed by atoms with Gasteiger partial charge in [-0.05, 0) is 17.5 Å². The van der Waals surface area contributed by atoms with Gasteiger partial charge >= 0.3 is 11.9 Å². The molecule has 0 unspecified atom stereocenters. The molecule has 11 heteroatoms. The zero-order chi connectivity index (χ0) is 24.5. The van der Waals surface area contributed by atoms with Crippen LogP contribution in [0.15, 0.2) is 70.3 Å². The fraction of sp³-hybridized carbons (Fsp3) is 0.217. The maximum Gasteiger partial charge on any atom is 0.425 e. The largest absolute Gasteiger partial charge is 0.425 e. The topological polar surface area (TPSA) is 113 Å². The number of hydrogen-bond donors (Lipinski definition) is 3. The van der Waals surface area contributed by atoms with E-state index in [1.54, 1.807) is 66.0 Å². The molecule has 0 fully saturated rings. The summed E-state index contributed by atoms with van der Waals surface area (Å²) in [6, 6.07) is 16.9. The third-order valence-corrected chi connectivity index (χ3v) is 5.57. The number of aryl methyl sites for hydroxylation is 1. The Morgan fingerprint density at radius 1 is 0.941 bits per heavy atom. The minimum absolute atomic E-state index is 0.124. The number of nitrogens with zero attached hydrogens (tertiary/aromatic N) is 1. The van der Waals surface area contributed by atoms with Gasteiger partial charge in [0.2, 0.25) is 11.4 Å². The van der Waals surface area contributed by atoms with Gasteiger partial charge in [-0.15, -0.1) is 0 Å². The van der Waals surface area contributed by atoms with E-state index in [0.717, 1.165) is 4.57 Å². The van der Waals surface area contributed by atoms with Gasteiger partial charge < -0.3 is 10.6 Å². The van der Waals surface area contributed by atoms with Crippen LogP contribution in [0.25, 0.3) is 0 Å². The number of amides is 2. The molecule has 2 heterocycles. The van der Waals surface area contributed by atoms with Gasteiger partial charge in [0, 0.05) is 6.42 Å². The molecule has 34 heavy (non-hydrogen) atoms. The van der Waals surface area contributed by atoms with Crippen LogP contribution >= 0.6 is 0 Å². The number of aromatic nitrogens is 2. The molecule has 4 rings (SSSR count). The summed E-state index contributed by atoms with van der Waals surface area (Å²) in [4.78, 5) is 52.2. The van der Waals surface area contributed by atoms with E-state index >= 15 is 0 Å². The molecule has 1 aromatic heterocycles. The van der Waals surface area contributed by atoms with Gasteiger partial charge in [0.05, 0.1) is 6.54 Å². The zero-order valence-corrected chi connectivity index (χ0v) is 17.6. The number of nitrogens with one attached hydrogen (secondary N) is 3. The van der Waals surface area contributed by atoms with E-state index in [1.807, 2.05) is 10.3 Å². The van der Waals surface area contributed by atoms with Crippen molar-refractivity contribution in [3.05, 3.63) is 98.2 Å². The van der Waals surface area contributed by atoms with Crippen molar-refractivity contribution in [2.75, 3.05) is 5.32 Å². The summed E-state index contributed by atoms with van der Waals surface area (Å²) in [5, 5.41) is 3.76. The number of carbonyl (C=O) groups excluding carboxylic acids is 2. The lowest BCUT2D eigenvalue weighted by molar-refractivity contribution is -0.200. The molecular weight excluding hydrogens is 453 g/mol. The molecule has 8 nitrogen and oxygen atoms in total. The van der Waals surface area contributed by atoms with Crippen molar-refractivity contribution in [2.24, 2.45) is 0 Å². The highest BCUT2D eigenvalue weighted by atomic mass is 19.4. The van der Waals surface area contributed by atoms with Crippen molar-refractivity contribution in [3.63, 3.8) is 0 Å². The second-order valence-corrected chi connectivity index (χ2v) is 7.79. The van der Waals surface area contributed by atoms with Gasteiger partial charge in [0.25, 0.3) is 11.5 Å². The number of benzene rings is 2. The molecule has 1 aliphatic rings. The lowest BCUT2D eigenvalue weighted by Gasteiger charge is -2.30. The predicted octanol–water partition coefficient (Wildman–Crippen LogP) is 2.04. The predicted molar refractivity (Wildman–Crippen MR) is 116 cm³/mol. The van der Waals surface area contributed by atoms with E-state index in [1.165, 1.54) is 0 Å². The third kappa shape index (κ3) is 4.00. The van der Waals surface area contributed by atoms with Crippen LogP contribution in [0.5, 0.6) is 0 Å². The van der Waals surface area contributed by atoms with Crippen molar-refractivity contribution in [3.8, 4) is 0 Å². The first kappa shape index (κ1) is 23.0. The van der Waals surface area contributed by atoms with E-state index < -0.39 is 46.2 Å². The van der Waals surface area contributed by atoms with Crippen molar-refractivity contribution in [2.45, 2.75) is 31.1 Å². The van der Waals surface area contributed by atoms with Crippen molar-refractivity contribution >= 4 is 17.6 Å². The average Bonchev–Trinajstić information content (AvgIpc) is 3.10. The molecule has 0 saturated carbocycles. The second-order valence-electron chi connectivity index (χ2n) is 7.79. The van der Waals surface area contributed by atoms with Gasteiger partial charge in [-0.3, -0.25) is 23.9 Å². The quantitative estimate of drug-likeness (QED) is 0.510. The summed E-state index contributed by atoms with van der Waals surface area (Å²) in [5.74, 6) is -3.35. The van der Waals surface area contributed by atoms with E-state index in [2.05, 4.69) is 0 Å². The first-order chi connectivity index (χ1) is 16.1. The molecule has 1 aliphatic heterocycles. The van der Waals surface area contributed by atoms with Gasteiger partial charge in [0.1, 0.15) is 11.4 Å². The summed E-state index contributed by atoms with van der Waals surface area (Å²) in [6.07, 6.45) is -5.60. The maximum atomic E-state index is 14.4. The Bertz CT molecular complexity index is 1350. The van der Waals surface area contributed by atoms with Crippen molar-refractivity contribution < 1.29 is 22.8 Å². The number of aromatic amines is 1. The highest BCUT2D eigenvalue weighted by Gasteiger charge is 2.68. The number of rotatable bonds is 6. The minimum Gasteiger partial charge on any atom is -0.330 e. The highest BCUT2D eigenvalue weighted by Crippen LogP contribution is 2.45. The zero-order valence-electron chi connectivity index (χ0n) is 17.6. The molecule has 176 valence electrons. The summed E-state index contributed by atoms with van der Waals surface area (Å²) < 4.78 is 44.0. The van der Waals surface area contributed by atoms with E-state index in [4.69, 9.17) is 0 Å². The van der Waals surface area contributed by atoms with Crippen LogP contribution in [0.2, 0.25) is 0 Å². The number of fused-ring (bicyclic) bond motifs is 1. The van der Waals surface area contributed by atoms with Crippen LogP contribution in [0, 0.1) is 0 Å². The molecular formula is C23H19F3N4O4. The molecule has 1 atom stereocenters. The molecule has 0 aliphatic carbocycles. The SMILES string of the molecule is O=C(CCc1ccccc1)N[C@@]1(C(F)(F)F)C(=O)Nc2c1c(=O)[nH]c(=O)n2Cc1ccccc1. The highest BCUT2D eigenvalue weighted by molar-refractivity contribution is 6.07. The number of alkyl halides is 3.